The summed E-state index contributed by atoms with van der Waals surface area (Å²) in [7, 11) is 0. The molecule has 7 heteroatoms. The summed E-state index contributed by atoms with van der Waals surface area (Å²) in [4.78, 5) is 11.5. The topological polar surface area (TPSA) is 35.5 Å². The molecule has 106 valence electrons. The lowest BCUT2D eigenvalue weighted by atomic mass is 10.1. The van der Waals surface area contributed by atoms with Gasteiger partial charge in [-0.2, -0.15) is 13.2 Å². The molecule has 1 aromatic rings. The lowest BCUT2D eigenvalue weighted by molar-refractivity contribution is -0.138. The molecule has 0 aromatic heterocycles. The van der Waals surface area contributed by atoms with Gasteiger partial charge in [0.05, 0.1) is 12.2 Å². The van der Waals surface area contributed by atoms with Crippen molar-refractivity contribution in [3.05, 3.63) is 35.1 Å². The Morgan fingerprint density at radius 3 is 2.53 bits per heavy atom. The van der Waals surface area contributed by atoms with Crippen LogP contribution in [0.1, 0.15) is 22.8 Å². The number of ether oxygens (including phenoxy) is 2. The summed E-state index contributed by atoms with van der Waals surface area (Å²) >= 11 is 0. The Kier molecular flexibility index (Phi) is 5.29. The van der Waals surface area contributed by atoms with E-state index in [1.807, 2.05) is 0 Å². The SMILES string of the molecule is CCOCCOC(=O)c1c(F)cccc1C(F)(F)F. The van der Waals surface area contributed by atoms with Crippen molar-refractivity contribution in [1.82, 2.24) is 0 Å². The first-order valence-electron chi connectivity index (χ1n) is 5.48. The predicted octanol–water partition coefficient (Wildman–Crippen LogP) is 3.04. The molecule has 0 unspecified atom stereocenters. The van der Waals surface area contributed by atoms with Gasteiger partial charge in [-0.25, -0.2) is 9.18 Å². The molecule has 19 heavy (non-hydrogen) atoms. The van der Waals surface area contributed by atoms with Crippen LogP contribution in [0.25, 0.3) is 0 Å². The van der Waals surface area contributed by atoms with Crippen LogP contribution < -0.4 is 0 Å². The molecule has 0 saturated carbocycles. The van der Waals surface area contributed by atoms with Gasteiger partial charge >= 0.3 is 12.1 Å². The molecular weight excluding hydrogens is 268 g/mol. The Morgan fingerprint density at radius 1 is 1.26 bits per heavy atom. The van der Waals surface area contributed by atoms with E-state index in [1.54, 1.807) is 6.92 Å². The number of carbonyl (C=O) groups is 1. The van der Waals surface area contributed by atoms with Gasteiger partial charge in [0.2, 0.25) is 0 Å². The molecule has 0 radical (unpaired) electrons. The normalized spacial score (nSPS) is 11.4. The van der Waals surface area contributed by atoms with Crippen molar-refractivity contribution in [2.24, 2.45) is 0 Å². The van der Waals surface area contributed by atoms with Gasteiger partial charge in [-0.1, -0.05) is 6.07 Å². The molecular formula is C12H12F4O3. The molecule has 0 spiro atoms. The smallest absolute Gasteiger partial charge is 0.417 e. The fraction of sp³-hybridized carbons (Fsp3) is 0.417. The maximum Gasteiger partial charge on any atom is 0.417 e. The fourth-order valence-corrected chi connectivity index (χ4v) is 1.38. The summed E-state index contributed by atoms with van der Waals surface area (Å²) in [5, 5.41) is 0. The van der Waals surface area contributed by atoms with Crippen molar-refractivity contribution >= 4 is 5.97 Å². The van der Waals surface area contributed by atoms with Gasteiger partial charge in [0.15, 0.2) is 0 Å². The van der Waals surface area contributed by atoms with E-state index in [9.17, 15) is 22.4 Å². The van der Waals surface area contributed by atoms with Gasteiger partial charge in [0.1, 0.15) is 18.0 Å². The predicted molar refractivity (Wildman–Crippen MR) is 58.2 cm³/mol. The molecule has 0 N–H and O–H groups in total. The molecule has 0 aliphatic carbocycles. The van der Waals surface area contributed by atoms with E-state index in [4.69, 9.17) is 4.74 Å². The number of benzene rings is 1. The van der Waals surface area contributed by atoms with E-state index in [-0.39, 0.29) is 13.2 Å². The molecule has 0 fully saturated rings. The van der Waals surface area contributed by atoms with Crippen molar-refractivity contribution < 1.29 is 31.8 Å². The fourth-order valence-electron chi connectivity index (χ4n) is 1.38. The first-order valence-corrected chi connectivity index (χ1v) is 5.48. The monoisotopic (exact) mass is 280 g/mol. The van der Waals surface area contributed by atoms with Gasteiger partial charge in [0.25, 0.3) is 0 Å². The minimum Gasteiger partial charge on any atom is -0.460 e. The van der Waals surface area contributed by atoms with Crippen LogP contribution in [0, 0.1) is 5.82 Å². The maximum atomic E-state index is 13.4. The third-order valence-electron chi connectivity index (χ3n) is 2.19. The van der Waals surface area contributed by atoms with Crippen LogP contribution in [0.3, 0.4) is 0 Å². The van der Waals surface area contributed by atoms with E-state index >= 15 is 0 Å². The summed E-state index contributed by atoms with van der Waals surface area (Å²) in [5.74, 6) is -2.62. The molecule has 0 atom stereocenters. The van der Waals surface area contributed by atoms with Crippen molar-refractivity contribution in [1.29, 1.82) is 0 Å². The zero-order valence-electron chi connectivity index (χ0n) is 10.1. The maximum absolute atomic E-state index is 13.4. The van der Waals surface area contributed by atoms with Crippen LogP contribution in [0.5, 0.6) is 0 Å². The van der Waals surface area contributed by atoms with Crippen LogP contribution in [0.2, 0.25) is 0 Å². The van der Waals surface area contributed by atoms with Gasteiger partial charge in [-0.15, -0.1) is 0 Å². The zero-order chi connectivity index (χ0) is 14.5. The summed E-state index contributed by atoms with van der Waals surface area (Å²) in [5.41, 5.74) is -2.46. The Labute approximate surface area is 107 Å². The molecule has 0 amide bonds. The highest BCUT2D eigenvalue weighted by Crippen LogP contribution is 2.33. The summed E-state index contributed by atoms with van der Waals surface area (Å²) in [6.45, 7) is 1.89. The van der Waals surface area contributed by atoms with Crippen LogP contribution in [-0.4, -0.2) is 25.8 Å². The van der Waals surface area contributed by atoms with Crippen LogP contribution in [0.4, 0.5) is 17.6 Å². The van der Waals surface area contributed by atoms with Gasteiger partial charge < -0.3 is 9.47 Å². The summed E-state index contributed by atoms with van der Waals surface area (Å²) < 4.78 is 60.7. The summed E-state index contributed by atoms with van der Waals surface area (Å²) in [6, 6.07) is 2.28. The third kappa shape index (κ3) is 4.20. The average Bonchev–Trinajstić information content (AvgIpc) is 2.33. The van der Waals surface area contributed by atoms with E-state index in [0.717, 1.165) is 12.1 Å². The lowest BCUT2D eigenvalue weighted by Crippen LogP contribution is -2.18. The Hall–Kier alpha value is -1.63. The number of hydrogen-bond acceptors (Lipinski definition) is 3. The summed E-state index contributed by atoms with van der Waals surface area (Å²) in [6.07, 6.45) is -4.82. The van der Waals surface area contributed by atoms with E-state index in [0.29, 0.717) is 12.7 Å². The van der Waals surface area contributed by atoms with Crippen molar-refractivity contribution in [2.75, 3.05) is 19.8 Å². The number of hydrogen-bond donors (Lipinski definition) is 0. The largest absolute Gasteiger partial charge is 0.460 e. The Bertz CT molecular complexity index is 443. The van der Waals surface area contributed by atoms with Gasteiger partial charge in [-0.3, -0.25) is 0 Å². The first kappa shape index (κ1) is 15.4. The molecule has 0 saturated heterocycles. The van der Waals surface area contributed by atoms with Crippen LogP contribution >= 0.6 is 0 Å². The second-order valence-electron chi connectivity index (χ2n) is 3.49. The second kappa shape index (κ2) is 6.51. The molecule has 1 rings (SSSR count). The van der Waals surface area contributed by atoms with E-state index < -0.39 is 29.1 Å². The number of carbonyl (C=O) groups excluding carboxylic acids is 1. The zero-order valence-corrected chi connectivity index (χ0v) is 10.1. The number of rotatable bonds is 5. The number of alkyl halides is 3. The number of esters is 1. The highest BCUT2D eigenvalue weighted by molar-refractivity contribution is 5.91. The molecule has 0 aliphatic rings. The first-order chi connectivity index (χ1) is 8.88. The quantitative estimate of drug-likeness (QED) is 0.472. The Morgan fingerprint density at radius 2 is 1.95 bits per heavy atom. The third-order valence-corrected chi connectivity index (χ3v) is 2.19. The number of halogens is 4. The minimum absolute atomic E-state index is 0.0397. The molecule has 0 aliphatic heterocycles. The van der Waals surface area contributed by atoms with Crippen LogP contribution in [0.15, 0.2) is 18.2 Å². The Balaban J connectivity index is 2.90. The van der Waals surface area contributed by atoms with Crippen LogP contribution in [-0.2, 0) is 15.7 Å². The molecule has 3 nitrogen and oxygen atoms in total. The minimum atomic E-state index is -4.82. The molecule has 0 heterocycles. The second-order valence-corrected chi connectivity index (χ2v) is 3.49. The van der Waals surface area contributed by atoms with E-state index in [2.05, 4.69) is 4.74 Å². The highest BCUT2D eigenvalue weighted by atomic mass is 19.4. The van der Waals surface area contributed by atoms with Gasteiger partial charge in [0, 0.05) is 6.61 Å². The van der Waals surface area contributed by atoms with Crippen molar-refractivity contribution in [2.45, 2.75) is 13.1 Å². The van der Waals surface area contributed by atoms with E-state index in [1.165, 1.54) is 0 Å². The van der Waals surface area contributed by atoms with Crippen molar-refractivity contribution in [3.63, 3.8) is 0 Å². The highest BCUT2D eigenvalue weighted by Gasteiger charge is 2.37. The van der Waals surface area contributed by atoms with Crippen molar-refractivity contribution in [3.8, 4) is 0 Å². The average molecular weight is 280 g/mol. The van der Waals surface area contributed by atoms with Gasteiger partial charge in [-0.05, 0) is 19.1 Å². The molecule has 0 bridgehead atoms. The lowest BCUT2D eigenvalue weighted by Gasteiger charge is -2.12. The molecule has 1 aromatic carbocycles. The standard InChI is InChI=1S/C12H12F4O3/c1-2-18-6-7-19-11(17)10-8(12(14,15)16)4-3-5-9(10)13/h3-5H,2,6-7H2,1H3.